The number of aromatic carboxylic acids is 1. The van der Waals surface area contributed by atoms with Gasteiger partial charge < -0.3 is 10.4 Å². The van der Waals surface area contributed by atoms with Crippen molar-refractivity contribution in [3.05, 3.63) is 59.4 Å². The van der Waals surface area contributed by atoms with Gasteiger partial charge in [-0.15, -0.1) is 0 Å². The standard InChI is InChI=1S/C16H14F2N4O2/c1-2-13(9-5-10(17)7-11(18)6-9)20-14-3-4-22-15(21-14)12(8-19-22)16(23)24/h3-8,13H,2H2,1H3,(H,20,21)(H,23,24). The van der Waals surface area contributed by atoms with Crippen molar-refractivity contribution in [2.45, 2.75) is 19.4 Å². The molecule has 0 saturated heterocycles. The van der Waals surface area contributed by atoms with Crippen molar-refractivity contribution in [3.63, 3.8) is 0 Å². The summed E-state index contributed by atoms with van der Waals surface area (Å²) in [6, 6.07) is 4.56. The molecule has 24 heavy (non-hydrogen) atoms. The first kappa shape index (κ1) is 15.9. The summed E-state index contributed by atoms with van der Waals surface area (Å²) < 4.78 is 28.2. The van der Waals surface area contributed by atoms with E-state index in [4.69, 9.17) is 5.11 Å². The van der Waals surface area contributed by atoms with Crippen LogP contribution in [-0.4, -0.2) is 25.7 Å². The quantitative estimate of drug-likeness (QED) is 0.749. The normalized spacial score (nSPS) is 12.3. The number of carbonyl (C=O) groups is 1. The zero-order valence-corrected chi connectivity index (χ0v) is 12.7. The highest BCUT2D eigenvalue weighted by molar-refractivity contribution is 5.94. The van der Waals surface area contributed by atoms with Crippen LogP contribution in [0.2, 0.25) is 0 Å². The van der Waals surface area contributed by atoms with Gasteiger partial charge in [-0.25, -0.2) is 23.1 Å². The van der Waals surface area contributed by atoms with E-state index in [-0.39, 0.29) is 17.3 Å². The first-order valence-corrected chi connectivity index (χ1v) is 7.28. The molecule has 124 valence electrons. The summed E-state index contributed by atoms with van der Waals surface area (Å²) in [7, 11) is 0. The molecule has 6 nitrogen and oxygen atoms in total. The predicted octanol–water partition coefficient (Wildman–Crippen LogP) is 3.27. The van der Waals surface area contributed by atoms with Gasteiger partial charge in [-0.3, -0.25) is 0 Å². The molecule has 0 spiro atoms. The molecule has 0 amide bonds. The number of aromatic nitrogens is 3. The fraction of sp³-hybridized carbons (Fsp3) is 0.188. The lowest BCUT2D eigenvalue weighted by atomic mass is 10.0. The summed E-state index contributed by atoms with van der Waals surface area (Å²) in [6.45, 7) is 1.86. The van der Waals surface area contributed by atoms with Crippen molar-refractivity contribution < 1.29 is 18.7 Å². The molecule has 2 aromatic heterocycles. The number of nitrogens with zero attached hydrogens (tertiary/aromatic N) is 3. The summed E-state index contributed by atoms with van der Waals surface area (Å²) in [5.41, 5.74) is 0.611. The SMILES string of the molecule is CCC(Nc1ccn2ncc(C(=O)O)c2n1)c1cc(F)cc(F)c1. The van der Waals surface area contributed by atoms with Crippen LogP contribution in [0.5, 0.6) is 0 Å². The molecule has 3 rings (SSSR count). The summed E-state index contributed by atoms with van der Waals surface area (Å²) in [5.74, 6) is -2.05. The third-order valence-corrected chi connectivity index (χ3v) is 3.62. The minimum atomic E-state index is -1.13. The van der Waals surface area contributed by atoms with E-state index in [2.05, 4.69) is 15.4 Å². The summed E-state index contributed by atoms with van der Waals surface area (Å²) in [4.78, 5) is 15.4. The van der Waals surface area contributed by atoms with Crippen molar-refractivity contribution >= 4 is 17.4 Å². The van der Waals surface area contributed by atoms with E-state index in [1.54, 1.807) is 12.3 Å². The van der Waals surface area contributed by atoms with Crippen LogP contribution >= 0.6 is 0 Å². The Morgan fingerprint density at radius 3 is 2.67 bits per heavy atom. The Morgan fingerprint density at radius 1 is 1.33 bits per heavy atom. The minimum absolute atomic E-state index is 0.0245. The van der Waals surface area contributed by atoms with Gasteiger partial charge in [-0.05, 0) is 30.2 Å². The fourth-order valence-electron chi connectivity index (χ4n) is 2.48. The van der Waals surface area contributed by atoms with E-state index in [0.29, 0.717) is 17.8 Å². The molecular weight excluding hydrogens is 318 g/mol. The van der Waals surface area contributed by atoms with E-state index in [1.807, 2.05) is 6.92 Å². The van der Waals surface area contributed by atoms with E-state index >= 15 is 0 Å². The molecule has 0 bridgehead atoms. The van der Waals surface area contributed by atoms with Gasteiger partial charge in [0.05, 0.1) is 12.2 Å². The first-order valence-electron chi connectivity index (χ1n) is 7.28. The van der Waals surface area contributed by atoms with Crippen LogP contribution in [0.25, 0.3) is 5.65 Å². The Bertz CT molecular complexity index is 890. The Labute approximate surface area is 135 Å². The van der Waals surface area contributed by atoms with Gasteiger partial charge in [-0.2, -0.15) is 5.10 Å². The lowest BCUT2D eigenvalue weighted by Crippen LogP contribution is -2.12. The average Bonchev–Trinajstić information content (AvgIpc) is 2.94. The van der Waals surface area contributed by atoms with E-state index in [0.717, 1.165) is 6.07 Å². The van der Waals surface area contributed by atoms with Crippen molar-refractivity contribution in [1.82, 2.24) is 14.6 Å². The van der Waals surface area contributed by atoms with E-state index < -0.39 is 17.6 Å². The second-order valence-electron chi connectivity index (χ2n) is 5.25. The molecule has 0 aliphatic rings. The zero-order valence-electron chi connectivity index (χ0n) is 12.7. The molecule has 0 aliphatic carbocycles. The molecule has 8 heteroatoms. The molecule has 0 aliphatic heterocycles. The molecule has 0 radical (unpaired) electrons. The molecule has 0 saturated carbocycles. The van der Waals surface area contributed by atoms with Crippen molar-refractivity contribution in [2.75, 3.05) is 5.32 Å². The highest BCUT2D eigenvalue weighted by Crippen LogP contribution is 2.24. The number of halogens is 2. The van der Waals surface area contributed by atoms with Gasteiger partial charge in [0, 0.05) is 12.3 Å². The first-order chi connectivity index (χ1) is 11.5. The zero-order chi connectivity index (χ0) is 17.3. The molecule has 1 atom stereocenters. The second-order valence-corrected chi connectivity index (χ2v) is 5.25. The third-order valence-electron chi connectivity index (χ3n) is 3.62. The fourth-order valence-corrected chi connectivity index (χ4v) is 2.48. The van der Waals surface area contributed by atoms with Crippen molar-refractivity contribution in [1.29, 1.82) is 0 Å². The maximum Gasteiger partial charge on any atom is 0.341 e. The number of hydrogen-bond donors (Lipinski definition) is 2. The van der Waals surface area contributed by atoms with Crippen LogP contribution in [0, 0.1) is 11.6 Å². The average molecular weight is 332 g/mol. The molecule has 1 aromatic carbocycles. The summed E-state index contributed by atoms with van der Waals surface area (Å²) in [6.07, 6.45) is 3.34. The molecule has 2 heterocycles. The number of hydrogen-bond acceptors (Lipinski definition) is 4. The van der Waals surface area contributed by atoms with Crippen molar-refractivity contribution in [2.24, 2.45) is 0 Å². The number of anilines is 1. The van der Waals surface area contributed by atoms with Crippen LogP contribution in [0.1, 0.15) is 35.3 Å². The number of fused-ring (bicyclic) bond motifs is 1. The molecule has 3 aromatic rings. The Balaban J connectivity index is 1.94. The summed E-state index contributed by atoms with van der Waals surface area (Å²) >= 11 is 0. The smallest absolute Gasteiger partial charge is 0.341 e. The molecule has 2 N–H and O–H groups in total. The van der Waals surface area contributed by atoms with Crippen LogP contribution in [-0.2, 0) is 0 Å². The third kappa shape index (κ3) is 3.03. The number of rotatable bonds is 5. The number of carboxylic acid groups (broad SMARTS) is 1. The maximum absolute atomic E-state index is 13.4. The maximum atomic E-state index is 13.4. The minimum Gasteiger partial charge on any atom is -0.477 e. The van der Waals surface area contributed by atoms with Crippen LogP contribution in [0.3, 0.4) is 0 Å². The predicted molar refractivity (Wildman–Crippen MR) is 83.0 cm³/mol. The van der Waals surface area contributed by atoms with Crippen molar-refractivity contribution in [3.8, 4) is 0 Å². The van der Waals surface area contributed by atoms with Crippen LogP contribution < -0.4 is 5.32 Å². The van der Waals surface area contributed by atoms with Crippen LogP contribution in [0.15, 0.2) is 36.7 Å². The molecule has 0 fully saturated rings. The van der Waals surface area contributed by atoms with Gasteiger partial charge in [0.2, 0.25) is 0 Å². The summed E-state index contributed by atoms with van der Waals surface area (Å²) in [5, 5.41) is 16.1. The molecule has 1 unspecified atom stereocenters. The topological polar surface area (TPSA) is 79.5 Å². The largest absolute Gasteiger partial charge is 0.477 e. The molecular formula is C16H14F2N4O2. The number of benzene rings is 1. The second kappa shape index (κ2) is 6.23. The van der Waals surface area contributed by atoms with Gasteiger partial charge in [0.25, 0.3) is 0 Å². The Kier molecular flexibility index (Phi) is 4.11. The van der Waals surface area contributed by atoms with Crippen LogP contribution in [0.4, 0.5) is 14.6 Å². The lowest BCUT2D eigenvalue weighted by Gasteiger charge is -2.18. The highest BCUT2D eigenvalue weighted by Gasteiger charge is 2.16. The van der Waals surface area contributed by atoms with E-state index in [9.17, 15) is 13.6 Å². The van der Waals surface area contributed by atoms with Gasteiger partial charge in [0.1, 0.15) is 23.0 Å². The monoisotopic (exact) mass is 332 g/mol. The van der Waals surface area contributed by atoms with Gasteiger partial charge in [-0.1, -0.05) is 6.92 Å². The van der Waals surface area contributed by atoms with E-state index in [1.165, 1.54) is 22.8 Å². The highest BCUT2D eigenvalue weighted by atomic mass is 19.1. The van der Waals surface area contributed by atoms with Gasteiger partial charge in [0.15, 0.2) is 5.65 Å². The number of carboxylic acids is 1. The lowest BCUT2D eigenvalue weighted by molar-refractivity contribution is 0.0698. The Morgan fingerprint density at radius 2 is 2.04 bits per heavy atom. The number of nitrogens with one attached hydrogen (secondary N) is 1. The van der Waals surface area contributed by atoms with Gasteiger partial charge >= 0.3 is 5.97 Å². The Hall–Kier alpha value is -3.03.